The van der Waals surface area contributed by atoms with E-state index in [-0.39, 0.29) is 11.6 Å². The van der Waals surface area contributed by atoms with Gasteiger partial charge in [-0.05, 0) is 26.0 Å². The third-order valence-electron chi connectivity index (χ3n) is 4.05. The van der Waals surface area contributed by atoms with Crippen LogP contribution < -0.4 is 10.2 Å². The van der Waals surface area contributed by atoms with Crippen molar-refractivity contribution in [2.24, 2.45) is 0 Å². The first-order valence-electron chi connectivity index (χ1n) is 8.52. The molecule has 0 saturated heterocycles. The lowest BCUT2D eigenvalue weighted by Crippen LogP contribution is -2.23. The van der Waals surface area contributed by atoms with Crippen molar-refractivity contribution < 1.29 is 8.78 Å². The lowest BCUT2D eigenvalue weighted by Gasteiger charge is -2.21. The normalized spacial score (nSPS) is 10.6. The number of hydrogen-bond donors (Lipinski definition) is 1. The fourth-order valence-corrected chi connectivity index (χ4v) is 2.67. The molecule has 0 spiro atoms. The molecule has 6 heteroatoms. The van der Waals surface area contributed by atoms with Gasteiger partial charge in [-0.25, -0.2) is 13.8 Å². The van der Waals surface area contributed by atoms with E-state index < -0.39 is 11.6 Å². The summed E-state index contributed by atoms with van der Waals surface area (Å²) in [6.45, 7) is 5.65. The fraction of sp³-hybridized carbons (Fsp3) is 0.200. The second-order valence-corrected chi connectivity index (χ2v) is 5.72. The minimum absolute atomic E-state index is 0.127. The van der Waals surface area contributed by atoms with Gasteiger partial charge in [0.25, 0.3) is 0 Å². The molecule has 0 atom stereocenters. The van der Waals surface area contributed by atoms with E-state index in [4.69, 9.17) is 0 Å². The van der Waals surface area contributed by atoms with Gasteiger partial charge in [0, 0.05) is 30.8 Å². The van der Waals surface area contributed by atoms with Crippen LogP contribution in [0.2, 0.25) is 0 Å². The molecule has 0 unspecified atom stereocenters. The average molecular weight is 354 g/mol. The van der Waals surface area contributed by atoms with Crippen molar-refractivity contribution in [3.8, 4) is 11.3 Å². The predicted molar refractivity (Wildman–Crippen MR) is 101 cm³/mol. The Morgan fingerprint density at radius 2 is 1.65 bits per heavy atom. The van der Waals surface area contributed by atoms with E-state index in [1.165, 1.54) is 12.1 Å². The molecule has 0 aliphatic rings. The first-order chi connectivity index (χ1) is 12.6. The van der Waals surface area contributed by atoms with Crippen molar-refractivity contribution in [2.75, 3.05) is 23.3 Å². The first-order valence-corrected chi connectivity index (χ1v) is 8.52. The summed E-state index contributed by atoms with van der Waals surface area (Å²) >= 11 is 0. The SMILES string of the molecule is CCN(CC)c1cc(-c2ccccc2)nc(Nc2ccc(F)cc2F)n1. The molecule has 1 N–H and O–H groups in total. The van der Waals surface area contributed by atoms with Gasteiger partial charge in [-0.3, -0.25) is 0 Å². The maximum Gasteiger partial charge on any atom is 0.229 e. The van der Waals surface area contributed by atoms with Crippen LogP contribution in [0.1, 0.15) is 13.8 Å². The Bertz CT molecular complexity index is 880. The van der Waals surface area contributed by atoms with Gasteiger partial charge < -0.3 is 10.2 Å². The minimum atomic E-state index is -0.692. The van der Waals surface area contributed by atoms with E-state index in [9.17, 15) is 8.78 Å². The zero-order valence-corrected chi connectivity index (χ0v) is 14.7. The van der Waals surface area contributed by atoms with Crippen LogP contribution in [0.5, 0.6) is 0 Å². The molecule has 0 bridgehead atoms. The molecular weight excluding hydrogens is 334 g/mol. The number of benzene rings is 2. The number of nitrogens with zero attached hydrogens (tertiary/aromatic N) is 3. The Balaban J connectivity index is 2.04. The van der Waals surface area contributed by atoms with Crippen molar-refractivity contribution in [3.63, 3.8) is 0 Å². The minimum Gasteiger partial charge on any atom is -0.357 e. The van der Waals surface area contributed by atoms with E-state index in [0.717, 1.165) is 36.2 Å². The summed E-state index contributed by atoms with van der Waals surface area (Å²) in [5.41, 5.74) is 1.79. The van der Waals surface area contributed by atoms with Crippen LogP contribution in [-0.4, -0.2) is 23.1 Å². The van der Waals surface area contributed by atoms with Crippen LogP contribution in [0.15, 0.2) is 54.6 Å². The van der Waals surface area contributed by atoms with Crippen LogP contribution in [0.4, 0.5) is 26.2 Å². The summed E-state index contributed by atoms with van der Waals surface area (Å²) in [6.07, 6.45) is 0. The van der Waals surface area contributed by atoms with E-state index in [1.807, 2.05) is 50.2 Å². The Morgan fingerprint density at radius 3 is 2.31 bits per heavy atom. The van der Waals surface area contributed by atoms with Crippen molar-refractivity contribution in [2.45, 2.75) is 13.8 Å². The van der Waals surface area contributed by atoms with Gasteiger partial charge in [-0.15, -0.1) is 0 Å². The zero-order chi connectivity index (χ0) is 18.5. The summed E-state index contributed by atoms with van der Waals surface area (Å²) in [5.74, 6) is -0.313. The number of aromatic nitrogens is 2. The Hall–Kier alpha value is -3.02. The smallest absolute Gasteiger partial charge is 0.229 e. The molecule has 0 amide bonds. The van der Waals surface area contributed by atoms with E-state index in [2.05, 4.69) is 20.2 Å². The van der Waals surface area contributed by atoms with Crippen LogP contribution in [-0.2, 0) is 0 Å². The molecule has 134 valence electrons. The van der Waals surface area contributed by atoms with Gasteiger partial charge in [0.1, 0.15) is 17.5 Å². The summed E-state index contributed by atoms with van der Waals surface area (Å²) < 4.78 is 27.1. The van der Waals surface area contributed by atoms with Crippen molar-refractivity contribution in [1.29, 1.82) is 0 Å². The molecule has 4 nitrogen and oxygen atoms in total. The molecular formula is C20H20F2N4. The van der Waals surface area contributed by atoms with Gasteiger partial charge in [0.2, 0.25) is 5.95 Å². The molecule has 1 heterocycles. The fourth-order valence-electron chi connectivity index (χ4n) is 2.67. The Labute approximate surface area is 151 Å². The zero-order valence-electron chi connectivity index (χ0n) is 14.7. The number of nitrogens with one attached hydrogen (secondary N) is 1. The summed E-state index contributed by atoms with van der Waals surface area (Å²) in [6, 6.07) is 15.0. The van der Waals surface area contributed by atoms with E-state index in [0.29, 0.717) is 0 Å². The summed E-state index contributed by atoms with van der Waals surface area (Å²) in [4.78, 5) is 11.1. The number of anilines is 3. The highest BCUT2D eigenvalue weighted by Gasteiger charge is 2.12. The lowest BCUT2D eigenvalue weighted by atomic mass is 10.1. The van der Waals surface area contributed by atoms with Crippen molar-refractivity contribution in [1.82, 2.24) is 9.97 Å². The molecule has 26 heavy (non-hydrogen) atoms. The van der Waals surface area contributed by atoms with E-state index in [1.54, 1.807) is 0 Å². The largest absolute Gasteiger partial charge is 0.357 e. The van der Waals surface area contributed by atoms with E-state index >= 15 is 0 Å². The van der Waals surface area contributed by atoms with Gasteiger partial charge in [0.15, 0.2) is 0 Å². The van der Waals surface area contributed by atoms with Gasteiger partial charge in [-0.1, -0.05) is 30.3 Å². The topological polar surface area (TPSA) is 41.1 Å². The number of hydrogen-bond acceptors (Lipinski definition) is 4. The summed E-state index contributed by atoms with van der Waals surface area (Å²) in [7, 11) is 0. The first kappa shape index (κ1) is 17.8. The van der Waals surface area contributed by atoms with Crippen LogP contribution in [0.3, 0.4) is 0 Å². The Morgan fingerprint density at radius 1 is 0.923 bits per heavy atom. The molecule has 0 aliphatic heterocycles. The Kier molecular flexibility index (Phi) is 5.41. The lowest BCUT2D eigenvalue weighted by molar-refractivity contribution is 0.586. The number of rotatable bonds is 6. The summed E-state index contributed by atoms with van der Waals surface area (Å²) in [5, 5.41) is 2.86. The monoisotopic (exact) mass is 354 g/mol. The maximum atomic E-state index is 14.0. The third-order valence-corrected chi connectivity index (χ3v) is 4.05. The standard InChI is InChI=1S/C20H20F2N4/c1-3-26(4-2)19-13-18(14-8-6-5-7-9-14)24-20(25-19)23-17-11-10-15(21)12-16(17)22/h5-13H,3-4H2,1-2H3,(H,23,24,25). The second kappa shape index (κ2) is 7.91. The van der Waals surface area contributed by atoms with Gasteiger partial charge in [0.05, 0.1) is 11.4 Å². The molecule has 2 aromatic carbocycles. The van der Waals surface area contributed by atoms with Gasteiger partial charge in [-0.2, -0.15) is 4.98 Å². The molecule has 0 saturated carbocycles. The number of halogens is 2. The molecule has 3 aromatic rings. The molecule has 3 rings (SSSR count). The molecule has 0 radical (unpaired) electrons. The highest BCUT2D eigenvalue weighted by atomic mass is 19.1. The highest BCUT2D eigenvalue weighted by Crippen LogP contribution is 2.26. The van der Waals surface area contributed by atoms with Crippen molar-refractivity contribution in [3.05, 3.63) is 66.2 Å². The predicted octanol–water partition coefficient (Wildman–Crippen LogP) is 5.01. The molecule has 0 aliphatic carbocycles. The van der Waals surface area contributed by atoms with Crippen molar-refractivity contribution >= 4 is 17.5 Å². The van der Waals surface area contributed by atoms with Crippen LogP contribution >= 0.6 is 0 Å². The molecule has 1 aromatic heterocycles. The maximum absolute atomic E-state index is 14.0. The quantitative estimate of drug-likeness (QED) is 0.675. The second-order valence-electron chi connectivity index (χ2n) is 5.72. The highest BCUT2D eigenvalue weighted by molar-refractivity contribution is 5.66. The van der Waals surface area contributed by atoms with Crippen LogP contribution in [0.25, 0.3) is 11.3 Å². The van der Waals surface area contributed by atoms with Gasteiger partial charge >= 0.3 is 0 Å². The average Bonchev–Trinajstić information content (AvgIpc) is 2.66. The van der Waals surface area contributed by atoms with Crippen LogP contribution in [0, 0.1) is 11.6 Å². The molecule has 0 fully saturated rings. The third kappa shape index (κ3) is 3.96.